The van der Waals surface area contributed by atoms with E-state index < -0.39 is 0 Å². The second-order valence-corrected chi connectivity index (χ2v) is 6.42. The van der Waals surface area contributed by atoms with E-state index in [1.54, 1.807) is 6.26 Å². The number of nitrogens with one attached hydrogen (secondary N) is 2. The minimum Gasteiger partial charge on any atom is -0.469 e. The van der Waals surface area contributed by atoms with Gasteiger partial charge in [0.1, 0.15) is 18.1 Å². The second-order valence-electron chi connectivity index (χ2n) is 6.42. The fraction of sp³-hybridized carbons (Fsp3) is 0.350. The molecule has 2 N–H and O–H groups in total. The van der Waals surface area contributed by atoms with Crippen LogP contribution in [0.3, 0.4) is 0 Å². The minimum absolute atomic E-state index is 0.127. The lowest BCUT2D eigenvalue weighted by atomic mass is 10.1. The van der Waals surface area contributed by atoms with Crippen molar-refractivity contribution in [3.63, 3.8) is 0 Å². The first-order valence-electron chi connectivity index (χ1n) is 9.10. The first-order valence-corrected chi connectivity index (χ1v) is 9.10. The quantitative estimate of drug-likeness (QED) is 0.496. The van der Waals surface area contributed by atoms with Crippen LogP contribution in [-0.2, 0) is 20.0 Å². The Morgan fingerprint density at radius 2 is 2.00 bits per heavy atom. The van der Waals surface area contributed by atoms with Crippen molar-refractivity contribution in [1.29, 1.82) is 0 Å². The minimum atomic E-state index is 0.127. The maximum atomic E-state index is 5.39. The van der Waals surface area contributed by atoms with Crippen LogP contribution in [0.5, 0.6) is 0 Å². The SMILES string of the molecule is Cc1nnc(CN=C(NCCc2ccco2)NC(C)c2ccccc2)n1C. The van der Waals surface area contributed by atoms with E-state index >= 15 is 0 Å². The lowest BCUT2D eigenvalue weighted by molar-refractivity contribution is 0.506. The molecule has 3 rings (SSSR count). The van der Waals surface area contributed by atoms with Gasteiger partial charge in [0.2, 0.25) is 0 Å². The van der Waals surface area contributed by atoms with Gasteiger partial charge in [-0.15, -0.1) is 10.2 Å². The van der Waals surface area contributed by atoms with Gasteiger partial charge >= 0.3 is 0 Å². The van der Waals surface area contributed by atoms with Crippen molar-refractivity contribution in [3.05, 3.63) is 71.7 Å². The number of benzene rings is 1. The van der Waals surface area contributed by atoms with Crippen molar-refractivity contribution in [2.75, 3.05) is 6.54 Å². The Balaban J connectivity index is 1.66. The van der Waals surface area contributed by atoms with E-state index in [4.69, 9.17) is 9.41 Å². The van der Waals surface area contributed by atoms with Gasteiger partial charge in [-0.25, -0.2) is 4.99 Å². The summed E-state index contributed by atoms with van der Waals surface area (Å²) in [6.45, 7) is 5.22. The largest absolute Gasteiger partial charge is 0.469 e. The van der Waals surface area contributed by atoms with E-state index in [-0.39, 0.29) is 6.04 Å². The highest BCUT2D eigenvalue weighted by Gasteiger charge is 2.09. The molecule has 3 aromatic rings. The molecule has 7 nitrogen and oxygen atoms in total. The van der Waals surface area contributed by atoms with Crippen molar-refractivity contribution in [1.82, 2.24) is 25.4 Å². The second kappa shape index (κ2) is 9.02. The maximum absolute atomic E-state index is 5.39. The van der Waals surface area contributed by atoms with Crippen LogP contribution in [0.1, 0.15) is 35.9 Å². The molecule has 7 heteroatoms. The Bertz CT molecular complexity index is 854. The average molecular weight is 366 g/mol. The zero-order chi connectivity index (χ0) is 19.1. The van der Waals surface area contributed by atoms with E-state index in [9.17, 15) is 0 Å². The number of aliphatic imine (C=N–C) groups is 1. The molecule has 0 spiro atoms. The lowest BCUT2D eigenvalue weighted by Crippen LogP contribution is -2.39. The first kappa shape index (κ1) is 18.7. The van der Waals surface area contributed by atoms with E-state index in [0.29, 0.717) is 6.54 Å². The van der Waals surface area contributed by atoms with Crippen molar-refractivity contribution >= 4 is 5.96 Å². The van der Waals surface area contributed by atoms with Crippen LogP contribution in [0.2, 0.25) is 0 Å². The highest BCUT2D eigenvalue weighted by atomic mass is 16.3. The summed E-state index contributed by atoms with van der Waals surface area (Å²) in [4.78, 5) is 4.69. The predicted molar refractivity (Wildman–Crippen MR) is 105 cm³/mol. The third-order valence-electron chi connectivity index (χ3n) is 4.46. The smallest absolute Gasteiger partial charge is 0.192 e. The molecule has 1 atom stereocenters. The Labute approximate surface area is 159 Å². The van der Waals surface area contributed by atoms with Crippen LogP contribution >= 0.6 is 0 Å². The summed E-state index contributed by atoms with van der Waals surface area (Å²) >= 11 is 0. The summed E-state index contributed by atoms with van der Waals surface area (Å²) in [7, 11) is 1.95. The first-order chi connectivity index (χ1) is 13.1. The van der Waals surface area contributed by atoms with Gasteiger partial charge in [-0.05, 0) is 31.5 Å². The van der Waals surface area contributed by atoms with Gasteiger partial charge in [0.05, 0.1) is 12.3 Å². The summed E-state index contributed by atoms with van der Waals surface area (Å²) in [5.41, 5.74) is 1.20. The summed E-state index contributed by atoms with van der Waals surface area (Å²) < 4.78 is 7.34. The topological polar surface area (TPSA) is 80.3 Å². The zero-order valence-electron chi connectivity index (χ0n) is 16.0. The molecule has 0 aliphatic carbocycles. The van der Waals surface area contributed by atoms with Crippen molar-refractivity contribution in [2.45, 2.75) is 32.9 Å². The molecule has 0 saturated heterocycles. The van der Waals surface area contributed by atoms with Crippen molar-refractivity contribution < 1.29 is 4.42 Å². The normalized spacial score (nSPS) is 12.8. The number of aryl methyl sites for hydroxylation is 1. The van der Waals surface area contributed by atoms with Gasteiger partial charge in [0, 0.05) is 20.0 Å². The van der Waals surface area contributed by atoms with Gasteiger partial charge in [0.25, 0.3) is 0 Å². The number of furan rings is 1. The van der Waals surface area contributed by atoms with Crippen LogP contribution < -0.4 is 10.6 Å². The number of nitrogens with zero attached hydrogens (tertiary/aromatic N) is 4. The highest BCUT2D eigenvalue weighted by molar-refractivity contribution is 5.80. The number of hydrogen-bond donors (Lipinski definition) is 2. The van der Waals surface area contributed by atoms with E-state index in [1.807, 2.05) is 48.9 Å². The fourth-order valence-corrected chi connectivity index (χ4v) is 2.68. The summed E-state index contributed by atoms with van der Waals surface area (Å²) in [6, 6.07) is 14.3. The van der Waals surface area contributed by atoms with E-state index in [1.165, 1.54) is 5.56 Å². The molecule has 1 unspecified atom stereocenters. The molecular formula is C20H26N6O. The Hall–Kier alpha value is -3.09. The van der Waals surface area contributed by atoms with Crippen molar-refractivity contribution in [2.24, 2.45) is 12.0 Å². The fourth-order valence-electron chi connectivity index (χ4n) is 2.68. The van der Waals surface area contributed by atoms with E-state index in [2.05, 4.69) is 39.9 Å². The third-order valence-corrected chi connectivity index (χ3v) is 4.46. The number of rotatable bonds is 7. The van der Waals surface area contributed by atoms with Crippen LogP contribution in [0.4, 0.5) is 0 Å². The molecule has 0 aliphatic rings. The molecular weight excluding hydrogens is 340 g/mol. The van der Waals surface area contributed by atoms with Crippen LogP contribution in [0, 0.1) is 6.92 Å². The average Bonchev–Trinajstić information content (AvgIpc) is 3.31. The molecule has 0 radical (unpaired) electrons. The van der Waals surface area contributed by atoms with Gasteiger partial charge in [-0.2, -0.15) is 0 Å². The molecule has 142 valence electrons. The van der Waals surface area contributed by atoms with Crippen LogP contribution in [-0.4, -0.2) is 27.3 Å². The Morgan fingerprint density at radius 1 is 1.19 bits per heavy atom. The summed E-state index contributed by atoms with van der Waals surface area (Å²) in [5, 5.41) is 15.1. The van der Waals surface area contributed by atoms with Crippen LogP contribution in [0.15, 0.2) is 58.1 Å². The molecule has 0 amide bonds. The number of guanidine groups is 1. The molecule has 0 aliphatic heterocycles. The van der Waals surface area contributed by atoms with Gasteiger partial charge in [-0.1, -0.05) is 30.3 Å². The number of aromatic nitrogens is 3. The lowest BCUT2D eigenvalue weighted by Gasteiger charge is -2.18. The van der Waals surface area contributed by atoms with E-state index in [0.717, 1.165) is 36.3 Å². The molecule has 2 aromatic heterocycles. The van der Waals surface area contributed by atoms with Gasteiger partial charge < -0.3 is 19.6 Å². The zero-order valence-corrected chi connectivity index (χ0v) is 16.0. The molecule has 27 heavy (non-hydrogen) atoms. The third kappa shape index (κ3) is 5.20. The Kier molecular flexibility index (Phi) is 6.25. The summed E-state index contributed by atoms with van der Waals surface area (Å²) in [6.07, 6.45) is 2.48. The predicted octanol–water partition coefficient (Wildman–Crippen LogP) is 2.76. The van der Waals surface area contributed by atoms with Crippen LogP contribution in [0.25, 0.3) is 0 Å². The molecule has 0 saturated carbocycles. The highest BCUT2D eigenvalue weighted by Crippen LogP contribution is 2.11. The summed E-state index contributed by atoms with van der Waals surface area (Å²) in [5.74, 6) is 3.38. The molecule has 0 bridgehead atoms. The van der Waals surface area contributed by atoms with Crippen molar-refractivity contribution in [3.8, 4) is 0 Å². The molecule has 2 heterocycles. The van der Waals surface area contributed by atoms with Gasteiger partial charge in [0.15, 0.2) is 11.8 Å². The Morgan fingerprint density at radius 3 is 2.67 bits per heavy atom. The standard InChI is InChI=1S/C20H26N6O/c1-15(17-8-5-4-6-9-17)23-20(21-12-11-18-10-7-13-27-18)22-14-19-25-24-16(2)26(19)3/h4-10,13,15H,11-12,14H2,1-3H3,(H2,21,22,23). The maximum Gasteiger partial charge on any atom is 0.192 e. The number of hydrogen-bond acceptors (Lipinski definition) is 4. The molecule has 1 aromatic carbocycles. The monoisotopic (exact) mass is 366 g/mol. The van der Waals surface area contributed by atoms with Gasteiger partial charge in [-0.3, -0.25) is 0 Å². The molecule has 0 fully saturated rings.